The van der Waals surface area contributed by atoms with Gasteiger partial charge in [0.15, 0.2) is 0 Å². The number of hydrogen-bond acceptors (Lipinski definition) is 2. The molecule has 0 radical (unpaired) electrons. The van der Waals surface area contributed by atoms with Crippen molar-refractivity contribution in [3.05, 3.63) is 29.8 Å². The molecule has 0 saturated carbocycles. The summed E-state index contributed by atoms with van der Waals surface area (Å²) in [6.45, 7) is 10.4. The fourth-order valence-electron chi connectivity index (χ4n) is 2.89. The normalized spacial score (nSPS) is 25.1. The van der Waals surface area contributed by atoms with Gasteiger partial charge < -0.3 is 0 Å². The van der Waals surface area contributed by atoms with Gasteiger partial charge in [0.2, 0.25) is 10.0 Å². The first-order valence-electron chi connectivity index (χ1n) is 7.28. The third-order valence-electron chi connectivity index (χ3n) is 4.17. The van der Waals surface area contributed by atoms with Gasteiger partial charge in [0.1, 0.15) is 0 Å². The molecule has 0 amide bonds. The van der Waals surface area contributed by atoms with Gasteiger partial charge in [-0.2, -0.15) is 4.31 Å². The standard InChI is InChI=1S/C16H25NO2S/c1-12-6-7-13(2)17(12)20(18,19)15-10-8-14(9-11-15)16(3,4)5/h8-13H,6-7H2,1-5H3. The average Bonchev–Trinajstić information content (AvgIpc) is 2.68. The highest BCUT2D eigenvalue weighted by Crippen LogP contribution is 2.31. The number of nitrogens with zero attached hydrogens (tertiary/aromatic N) is 1. The minimum Gasteiger partial charge on any atom is -0.207 e. The van der Waals surface area contributed by atoms with Crippen molar-refractivity contribution in [1.82, 2.24) is 4.31 Å². The Kier molecular flexibility index (Phi) is 4.00. The van der Waals surface area contributed by atoms with Gasteiger partial charge >= 0.3 is 0 Å². The summed E-state index contributed by atoms with van der Waals surface area (Å²) in [5, 5.41) is 0. The Morgan fingerprint density at radius 1 is 1.00 bits per heavy atom. The first kappa shape index (κ1) is 15.5. The molecule has 0 spiro atoms. The molecule has 0 aliphatic carbocycles. The van der Waals surface area contributed by atoms with E-state index in [1.165, 1.54) is 0 Å². The van der Waals surface area contributed by atoms with E-state index >= 15 is 0 Å². The predicted octanol–water partition coefficient (Wildman–Crippen LogP) is 3.55. The van der Waals surface area contributed by atoms with Crippen LogP contribution in [0.4, 0.5) is 0 Å². The maximum Gasteiger partial charge on any atom is 0.243 e. The van der Waals surface area contributed by atoms with Crippen LogP contribution in [0.1, 0.15) is 53.0 Å². The molecule has 0 bridgehead atoms. The Morgan fingerprint density at radius 3 is 1.85 bits per heavy atom. The summed E-state index contributed by atoms with van der Waals surface area (Å²) < 4.78 is 27.2. The van der Waals surface area contributed by atoms with Crippen LogP contribution in [-0.2, 0) is 15.4 Å². The zero-order chi connectivity index (χ0) is 15.1. The molecular formula is C16H25NO2S. The predicted molar refractivity (Wildman–Crippen MR) is 82.3 cm³/mol. The Bertz CT molecular complexity index is 559. The summed E-state index contributed by atoms with van der Waals surface area (Å²) in [4.78, 5) is 0.408. The molecule has 1 heterocycles. The molecule has 0 N–H and O–H groups in total. The van der Waals surface area contributed by atoms with Crippen LogP contribution < -0.4 is 0 Å². The minimum atomic E-state index is -3.37. The van der Waals surface area contributed by atoms with Gasteiger partial charge in [0.25, 0.3) is 0 Å². The highest BCUT2D eigenvalue weighted by atomic mass is 32.2. The monoisotopic (exact) mass is 295 g/mol. The van der Waals surface area contributed by atoms with Crippen LogP contribution in [0.25, 0.3) is 0 Å². The van der Waals surface area contributed by atoms with Gasteiger partial charge in [-0.1, -0.05) is 32.9 Å². The number of hydrogen-bond donors (Lipinski definition) is 0. The molecule has 2 atom stereocenters. The van der Waals surface area contributed by atoms with E-state index in [0.717, 1.165) is 18.4 Å². The van der Waals surface area contributed by atoms with Crippen LogP contribution in [-0.4, -0.2) is 24.8 Å². The molecule has 1 fully saturated rings. The van der Waals surface area contributed by atoms with Gasteiger partial charge in [0.05, 0.1) is 4.90 Å². The van der Waals surface area contributed by atoms with Crippen LogP contribution in [0.3, 0.4) is 0 Å². The van der Waals surface area contributed by atoms with Gasteiger partial charge in [-0.15, -0.1) is 0 Å². The largest absolute Gasteiger partial charge is 0.243 e. The zero-order valence-electron chi connectivity index (χ0n) is 13.1. The Hall–Kier alpha value is -0.870. The second-order valence-electron chi connectivity index (χ2n) is 6.88. The molecule has 1 saturated heterocycles. The summed E-state index contributed by atoms with van der Waals surface area (Å²) in [6, 6.07) is 7.53. The molecule has 0 aromatic heterocycles. The van der Waals surface area contributed by atoms with Gasteiger partial charge in [-0.25, -0.2) is 8.42 Å². The summed E-state index contributed by atoms with van der Waals surface area (Å²) in [7, 11) is -3.37. The van der Waals surface area contributed by atoms with E-state index in [-0.39, 0.29) is 17.5 Å². The smallest absolute Gasteiger partial charge is 0.207 e. The molecule has 3 nitrogen and oxygen atoms in total. The van der Waals surface area contributed by atoms with Crippen LogP contribution >= 0.6 is 0 Å². The quantitative estimate of drug-likeness (QED) is 0.837. The fourth-order valence-corrected chi connectivity index (χ4v) is 4.78. The van der Waals surface area contributed by atoms with Crippen molar-refractivity contribution < 1.29 is 8.42 Å². The maximum atomic E-state index is 12.7. The minimum absolute atomic E-state index is 0.0382. The maximum absolute atomic E-state index is 12.7. The first-order chi connectivity index (χ1) is 9.14. The van der Waals surface area contributed by atoms with E-state index in [1.807, 2.05) is 26.0 Å². The van der Waals surface area contributed by atoms with Crippen molar-refractivity contribution in [2.45, 2.75) is 69.9 Å². The lowest BCUT2D eigenvalue weighted by molar-refractivity contribution is 0.350. The first-order valence-corrected chi connectivity index (χ1v) is 8.72. The van der Waals surface area contributed by atoms with Crippen molar-refractivity contribution >= 4 is 10.0 Å². The van der Waals surface area contributed by atoms with Crippen molar-refractivity contribution in [1.29, 1.82) is 0 Å². The highest BCUT2D eigenvalue weighted by Gasteiger charge is 2.37. The Morgan fingerprint density at radius 2 is 1.45 bits per heavy atom. The third kappa shape index (κ3) is 2.77. The Labute approximate surface area is 123 Å². The number of sulfonamides is 1. The molecule has 4 heteroatoms. The molecule has 1 aliphatic heterocycles. The zero-order valence-corrected chi connectivity index (χ0v) is 13.9. The fraction of sp³-hybridized carbons (Fsp3) is 0.625. The van der Waals surface area contributed by atoms with Gasteiger partial charge in [-0.3, -0.25) is 0 Å². The van der Waals surface area contributed by atoms with E-state index in [9.17, 15) is 8.42 Å². The number of benzene rings is 1. The number of rotatable bonds is 2. The molecule has 1 aromatic rings. The van der Waals surface area contributed by atoms with Crippen molar-refractivity contribution in [3.63, 3.8) is 0 Å². The molecule has 2 rings (SSSR count). The lowest BCUT2D eigenvalue weighted by atomic mass is 9.87. The van der Waals surface area contributed by atoms with Gasteiger partial charge in [-0.05, 0) is 49.8 Å². The lowest BCUT2D eigenvalue weighted by Gasteiger charge is -2.26. The SMILES string of the molecule is CC1CCC(C)N1S(=O)(=O)c1ccc(C(C)(C)C)cc1. The average molecular weight is 295 g/mol. The topological polar surface area (TPSA) is 37.4 Å². The molecule has 112 valence electrons. The van der Waals surface area contributed by atoms with E-state index in [4.69, 9.17) is 0 Å². The van der Waals surface area contributed by atoms with Crippen LogP contribution in [0.2, 0.25) is 0 Å². The van der Waals surface area contributed by atoms with E-state index in [1.54, 1.807) is 16.4 Å². The second-order valence-corrected chi connectivity index (χ2v) is 8.73. The molecule has 1 aliphatic rings. The molecule has 20 heavy (non-hydrogen) atoms. The van der Waals surface area contributed by atoms with Crippen molar-refractivity contribution in [2.24, 2.45) is 0 Å². The van der Waals surface area contributed by atoms with Gasteiger partial charge in [0, 0.05) is 12.1 Å². The lowest BCUT2D eigenvalue weighted by Crippen LogP contribution is -2.38. The van der Waals surface area contributed by atoms with E-state index in [0.29, 0.717) is 4.90 Å². The summed E-state index contributed by atoms with van der Waals surface area (Å²) in [5.41, 5.74) is 1.19. The second kappa shape index (κ2) is 5.15. The summed E-state index contributed by atoms with van der Waals surface area (Å²) >= 11 is 0. The Balaban J connectivity index is 2.35. The van der Waals surface area contributed by atoms with Crippen molar-refractivity contribution in [2.75, 3.05) is 0 Å². The van der Waals surface area contributed by atoms with E-state index < -0.39 is 10.0 Å². The van der Waals surface area contributed by atoms with Crippen molar-refractivity contribution in [3.8, 4) is 0 Å². The summed E-state index contributed by atoms with van der Waals surface area (Å²) in [6.07, 6.45) is 1.89. The molecule has 2 unspecified atom stereocenters. The highest BCUT2D eigenvalue weighted by molar-refractivity contribution is 7.89. The summed E-state index contributed by atoms with van der Waals surface area (Å²) in [5.74, 6) is 0. The molecular weight excluding hydrogens is 270 g/mol. The molecule has 1 aromatic carbocycles. The van der Waals surface area contributed by atoms with Crippen LogP contribution in [0.15, 0.2) is 29.2 Å². The van der Waals surface area contributed by atoms with E-state index in [2.05, 4.69) is 20.8 Å². The van der Waals surface area contributed by atoms with Crippen LogP contribution in [0.5, 0.6) is 0 Å². The third-order valence-corrected chi connectivity index (χ3v) is 6.31. The van der Waals surface area contributed by atoms with Crippen LogP contribution in [0, 0.1) is 0 Å².